The van der Waals surface area contributed by atoms with Gasteiger partial charge in [0, 0.05) is 35.1 Å². The lowest BCUT2D eigenvalue weighted by molar-refractivity contribution is -0.145. The zero-order valence-electron chi connectivity index (χ0n) is 16.4. The van der Waals surface area contributed by atoms with E-state index in [9.17, 15) is 14.7 Å². The SMILES string of the molecule is C.CCOC(=O)C(Cc1c[nH]c2ccccc12)NC(=O)c1ccc2cccnc2c1O. The maximum Gasteiger partial charge on any atom is 0.328 e. The number of carbonyl (C=O) groups is 2. The maximum absolute atomic E-state index is 12.9. The van der Waals surface area contributed by atoms with Crippen LogP contribution in [-0.2, 0) is 16.0 Å². The Morgan fingerprint density at radius 3 is 2.77 bits per heavy atom. The Balaban J connectivity index is 0.00000272. The summed E-state index contributed by atoms with van der Waals surface area (Å²) in [6, 6.07) is 13.6. The van der Waals surface area contributed by atoms with E-state index in [1.54, 1.807) is 31.3 Å². The monoisotopic (exact) mass is 419 g/mol. The van der Waals surface area contributed by atoms with Crippen molar-refractivity contribution in [3.63, 3.8) is 0 Å². The molecule has 4 aromatic rings. The van der Waals surface area contributed by atoms with Gasteiger partial charge in [0.2, 0.25) is 0 Å². The van der Waals surface area contributed by atoms with E-state index in [4.69, 9.17) is 4.74 Å². The van der Waals surface area contributed by atoms with E-state index in [1.807, 2.05) is 30.5 Å². The lowest BCUT2D eigenvalue weighted by Gasteiger charge is -2.18. The molecule has 1 amide bonds. The number of amides is 1. The van der Waals surface area contributed by atoms with Gasteiger partial charge >= 0.3 is 5.97 Å². The molecular weight excluding hydrogens is 394 g/mol. The Bertz CT molecular complexity index is 1230. The number of aromatic amines is 1. The van der Waals surface area contributed by atoms with Crippen molar-refractivity contribution in [2.45, 2.75) is 26.8 Å². The van der Waals surface area contributed by atoms with Crippen LogP contribution in [0.15, 0.2) is 60.9 Å². The molecule has 0 spiro atoms. The van der Waals surface area contributed by atoms with Gasteiger partial charge < -0.3 is 20.1 Å². The van der Waals surface area contributed by atoms with Gasteiger partial charge in [0.05, 0.1) is 12.2 Å². The van der Waals surface area contributed by atoms with Gasteiger partial charge in [-0.25, -0.2) is 4.79 Å². The van der Waals surface area contributed by atoms with E-state index in [-0.39, 0.29) is 31.8 Å². The van der Waals surface area contributed by atoms with Gasteiger partial charge in [0.15, 0.2) is 5.75 Å². The fraction of sp³-hybridized carbons (Fsp3) is 0.208. The second-order valence-corrected chi connectivity index (χ2v) is 6.88. The van der Waals surface area contributed by atoms with Crippen molar-refractivity contribution in [2.24, 2.45) is 0 Å². The average Bonchev–Trinajstić information content (AvgIpc) is 3.17. The smallest absolute Gasteiger partial charge is 0.328 e. The highest BCUT2D eigenvalue weighted by Crippen LogP contribution is 2.27. The maximum atomic E-state index is 12.9. The molecule has 7 nitrogen and oxygen atoms in total. The molecular formula is C24H25N3O4. The third-order valence-corrected chi connectivity index (χ3v) is 4.97. The molecule has 2 aromatic heterocycles. The fourth-order valence-corrected chi connectivity index (χ4v) is 3.51. The summed E-state index contributed by atoms with van der Waals surface area (Å²) < 4.78 is 5.16. The van der Waals surface area contributed by atoms with Crippen molar-refractivity contribution in [1.82, 2.24) is 15.3 Å². The Morgan fingerprint density at radius 1 is 1.16 bits per heavy atom. The molecule has 0 aliphatic carbocycles. The molecule has 0 aliphatic heterocycles. The minimum Gasteiger partial charge on any atom is -0.505 e. The van der Waals surface area contributed by atoms with Crippen LogP contribution in [0, 0.1) is 0 Å². The first-order valence-corrected chi connectivity index (χ1v) is 9.67. The molecule has 31 heavy (non-hydrogen) atoms. The molecule has 160 valence electrons. The summed E-state index contributed by atoms with van der Waals surface area (Å²) in [6.45, 7) is 1.91. The van der Waals surface area contributed by atoms with Crippen LogP contribution in [0.5, 0.6) is 5.75 Å². The Hall–Kier alpha value is -3.87. The number of H-pyrrole nitrogens is 1. The standard InChI is InChI=1S/C23H21N3O4.CH4/c1-2-30-23(29)19(12-15-13-25-18-8-4-3-7-16(15)18)26-22(28)17-10-9-14-6-5-11-24-20(14)21(17)27;/h3-11,13,19,25,27H,2,12H2,1H3,(H,26,28);1H4. The number of nitrogens with zero attached hydrogens (tertiary/aromatic N) is 1. The summed E-state index contributed by atoms with van der Waals surface area (Å²) in [4.78, 5) is 32.8. The topological polar surface area (TPSA) is 104 Å². The molecule has 0 saturated heterocycles. The van der Waals surface area contributed by atoms with Crippen LogP contribution in [0.2, 0.25) is 0 Å². The highest BCUT2D eigenvalue weighted by Gasteiger charge is 2.26. The first-order valence-electron chi connectivity index (χ1n) is 9.67. The molecule has 0 saturated carbocycles. The van der Waals surface area contributed by atoms with Crippen molar-refractivity contribution in [1.29, 1.82) is 0 Å². The van der Waals surface area contributed by atoms with Crippen molar-refractivity contribution in [2.75, 3.05) is 6.61 Å². The Morgan fingerprint density at radius 2 is 1.97 bits per heavy atom. The van der Waals surface area contributed by atoms with Gasteiger partial charge in [0.25, 0.3) is 5.91 Å². The van der Waals surface area contributed by atoms with Crippen molar-refractivity contribution >= 4 is 33.7 Å². The van der Waals surface area contributed by atoms with Gasteiger partial charge in [-0.05, 0) is 30.7 Å². The van der Waals surface area contributed by atoms with E-state index in [0.29, 0.717) is 10.9 Å². The lowest BCUT2D eigenvalue weighted by Crippen LogP contribution is -2.43. The van der Waals surface area contributed by atoms with E-state index >= 15 is 0 Å². The predicted molar refractivity (Wildman–Crippen MR) is 120 cm³/mol. The molecule has 4 rings (SSSR count). The third-order valence-electron chi connectivity index (χ3n) is 4.97. The number of carbonyl (C=O) groups excluding carboxylic acids is 2. The number of phenolic OH excluding ortho intramolecular Hbond substituents is 1. The number of aromatic nitrogens is 2. The highest BCUT2D eigenvalue weighted by molar-refractivity contribution is 6.03. The molecule has 2 heterocycles. The van der Waals surface area contributed by atoms with Crippen molar-refractivity contribution in [3.05, 3.63) is 72.1 Å². The number of fused-ring (bicyclic) bond motifs is 2. The van der Waals surface area contributed by atoms with E-state index in [1.165, 1.54) is 6.07 Å². The van der Waals surface area contributed by atoms with Crippen LogP contribution in [0.1, 0.15) is 30.3 Å². The number of pyridine rings is 1. The number of hydrogen-bond donors (Lipinski definition) is 3. The minimum atomic E-state index is -0.907. The lowest BCUT2D eigenvalue weighted by atomic mass is 10.0. The van der Waals surface area contributed by atoms with Crippen LogP contribution >= 0.6 is 0 Å². The van der Waals surface area contributed by atoms with Crippen molar-refractivity contribution in [3.8, 4) is 5.75 Å². The number of nitrogens with one attached hydrogen (secondary N) is 2. The minimum absolute atomic E-state index is 0. The predicted octanol–water partition coefficient (Wildman–Crippen LogP) is 3.96. The molecule has 3 N–H and O–H groups in total. The number of para-hydroxylation sites is 1. The first kappa shape index (κ1) is 21.8. The number of benzene rings is 2. The summed E-state index contributed by atoms with van der Waals surface area (Å²) in [5, 5.41) is 14.9. The summed E-state index contributed by atoms with van der Waals surface area (Å²) in [7, 11) is 0. The molecule has 7 heteroatoms. The summed E-state index contributed by atoms with van der Waals surface area (Å²) in [6.07, 6.45) is 3.61. The number of hydrogen-bond acceptors (Lipinski definition) is 5. The Kier molecular flexibility index (Phi) is 6.55. The van der Waals surface area contributed by atoms with Gasteiger partial charge in [-0.1, -0.05) is 37.8 Å². The van der Waals surface area contributed by atoms with E-state index in [2.05, 4.69) is 15.3 Å². The second-order valence-electron chi connectivity index (χ2n) is 6.88. The molecule has 0 aliphatic rings. The number of ether oxygens (including phenoxy) is 1. The van der Waals surface area contributed by atoms with Crippen LogP contribution < -0.4 is 5.32 Å². The average molecular weight is 419 g/mol. The summed E-state index contributed by atoms with van der Waals surface area (Å²) in [5.41, 5.74) is 2.21. The van der Waals surface area contributed by atoms with Gasteiger partial charge in [-0.2, -0.15) is 0 Å². The quantitative estimate of drug-likeness (QED) is 0.410. The molecule has 0 bridgehead atoms. The molecule has 0 radical (unpaired) electrons. The summed E-state index contributed by atoms with van der Waals surface area (Å²) in [5.74, 6) is -1.33. The molecule has 0 fully saturated rings. The zero-order valence-corrected chi connectivity index (χ0v) is 16.4. The number of aromatic hydroxyl groups is 1. The van der Waals surface area contributed by atoms with E-state index in [0.717, 1.165) is 16.5 Å². The van der Waals surface area contributed by atoms with Crippen LogP contribution in [0.4, 0.5) is 0 Å². The van der Waals surface area contributed by atoms with Gasteiger partial charge in [-0.3, -0.25) is 9.78 Å². The molecule has 2 aromatic carbocycles. The van der Waals surface area contributed by atoms with Gasteiger partial charge in [0.1, 0.15) is 11.6 Å². The zero-order chi connectivity index (χ0) is 21.1. The fourth-order valence-electron chi connectivity index (χ4n) is 3.51. The summed E-state index contributed by atoms with van der Waals surface area (Å²) >= 11 is 0. The van der Waals surface area contributed by atoms with Crippen LogP contribution in [0.3, 0.4) is 0 Å². The Labute approximate surface area is 180 Å². The molecule has 1 unspecified atom stereocenters. The normalized spacial score (nSPS) is 11.6. The van der Waals surface area contributed by atoms with E-state index < -0.39 is 17.9 Å². The second kappa shape index (κ2) is 9.30. The number of rotatable bonds is 6. The van der Waals surface area contributed by atoms with Crippen LogP contribution in [-0.4, -0.2) is 39.6 Å². The van der Waals surface area contributed by atoms with Crippen LogP contribution in [0.25, 0.3) is 21.8 Å². The van der Waals surface area contributed by atoms with Gasteiger partial charge in [-0.15, -0.1) is 0 Å². The molecule has 1 atom stereocenters. The number of esters is 1. The first-order chi connectivity index (χ1) is 14.6. The largest absolute Gasteiger partial charge is 0.505 e. The highest BCUT2D eigenvalue weighted by atomic mass is 16.5. The third kappa shape index (κ3) is 4.35. The number of phenols is 1. The van der Waals surface area contributed by atoms with Crippen molar-refractivity contribution < 1.29 is 19.4 Å².